The van der Waals surface area contributed by atoms with Gasteiger partial charge in [-0.15, -0.1) is 0 Å². The van der Waals surface area contributed by atoms with Crippen molar-refractivity contribution in [2.45, 2.75) is 33.7 Å². The van der Waals surface area contributed by atoms with Crippen LogP contribution < -0.4 is 5.32 Å². The SMILES string of the molecule is COCCn1c(CC(C)C)nc2c(Nc3ccc(-n4cnc(C)n4)cc3)cccc21. The summed E-state index contributed by atoms with van der Waals surface area (Å²) in [5.41, 5.74) is 5.09. The molecule has 7 nitrogen and oxygen atoms in total. The number of hydrogen-bond acceptors (Lipinski definition) is 5. The molecule has 2 heterocycles. The molecule has 0 unspecified atom stereocenters. The number of anilines is 2. The number of aryl methyl sites for hydroxylation is 1. The number of nitrogens with one attached hydrogen (secondary N) is 1. The number of aromatic nitrogens is 5. The van der Waals surface area contributed by atoms with Gasteiger partial charge in [0, 0.05) is 25.8 Å². The number of ether oxygens (including phenoxy) is 1. The van der Waals surface area contributed by atoms with E-state index in [1.54, 1.807) is 18.1 Å². The minimum atomic E-state index is 0.535. The van der Waals surface area contributed by atoms with Crippen molar-refractivity contribution < 1.29 is 4.74 Å². The van der Waals surface area contributed by atoms with Crippen LogP contribution in [0.25, 0.3) is 16.7 Å². The molecule has 4 rings (SSSR count). The van der Waals surface area contributed by atoms with Crippen LogP contribution in [0.1, 0.15) is 25.5 Å². The Bertz CT molecular complexity index is 1130. The number of methoxy groups -OCH3 is 1. The van der Waals surface area contributed by atoms with Crippen LogP contribution >= 0.6 is 0 Å². The highest BCUT2D eigenvalue weighted by Crippen LogP contribution is 2.28. The fourth-order valence-electron chi connectivity index (χ4n) is 3.57. The van der Waals surface area contributed by atoms with Gasteiger partial charge in [0.15, 0.2) is 0 Å². The largest absolute Gasteiger partial charge is 0.383 e. The molecule has 2 aromatic heterocycles. The maximum Gasteiger partial charge on any atom is 0.147 e. The minimum Gasteiger partial charge on any atom is -0.383 e. The van der Waals surface area contributed by atoms with Crippen LogP contribution in [0, 0.1) is 12.8 Å². The molecule has 0 aliphatic rings. The molecule has 0 saturated carbocycles. The van der Waals surface area contributed by atoms with Crippen molar-refractivity contribution in [2.24, 2.45) is 5.92 Å². The average molecular weight is 405 g/mol. The van der Waals surface area contributed by atoms with Gasteiger partial charge in [-0.1, -0.05) is 19.9 Å². The second kappa shape index (κ2) is 8.67. The minimum absolute atomic E-state index is 0.535. The molecular formula is C23H28N6O. The standard InChI is InChI=1S/C23H28N6O/c1-16(2)14-22-26-23-20(6-5-7-21(23)28(22)12-13-30-4)25-18-8-10-19(11-9-18)29-15-24-17(3)27-29/h5-11,15-16,25H,12-14H2,1-4H3. The van der Waals surface area contributed by atoms with Gasteiger partial charge in [0.1, 0.15) is 23.5 Å². The summed E-state index contributed by atoms with van der Waals surface area (Å²) in [6.45, 7) is 7.78. The monoisotopic (exact) mass is 404 g/mol. The molecule has 7 heteroatoms. The third kappa shape index (κ3) is 4.21. The fourth-order valence-corrected chi connectivity index (χ4v) is 3.57. The second-order valence-corrected chi connectivity index (χ2v) is 7.85. The molecule has 0 saturated heterocycles. The van der Waals surface area contributed by atoms with Gasteiger partial charge in [0.25, 0.3) is 0 Å². The molecule has 0 aliphatic heterocycles. The molecule has 0 bridgehead atoms. The van der Waals surface area contributed by atoms with Crippen LogP contribution in [0.3, 0.4) is 0 Å². The molecule has 0 spiro atoms. The normalized spacial score (nSPS) is 11.5. The van der Waals surface area contributed by atoms with E-state index in [0.717, 1.165) is 52.7 Å². The highest BCUT2D eigenvalue weighted by molar-refractivity contribution is 5.91. The predicted molar refractivity (Wildman–Crippen MR) is 120 cm³/mol. The zero-order valence-electron chi connectivity index (χ0n) is 18.0. The molecule has 0 fully saturated rings. The highest BCUT2D eigenvalue weighted by atomic mass is 16.5. The Balaban J connectivity index is 1.64. The molecule has 0 amide bonds. The van der Waals surface area contributed by atoms with Gasteiger partial charge in [0.2, 0.25) is 0 Å². The third-order valence-corrected chi connectivity index (χ3v) is 4.99. The zero-order valence-corrected chi connectivity index (χ0v) is 18.0. The van der Waals surface area contributed by atoms with E-state index in [2.05, 4.69) is 52.0 Å². The molecule has 4 aromatic rings. The summed E-state index contributed by atoms with van der Waals surface area (Å²) in [4.78, 5) is 9.18. The Morgan fingerprint density at radius 2 is 1.90 bits per heavy atom. The Morgan fingerprint density at radius 3 is 2.57 bits per heavy atom. The van der Waals surface area contributed by atoms with E-state index < -0.39 is 0 Å². The number of hydrogen-bond donors (Lipinski definition) is 1. The number of para-hydroxylation sites is 1. The molecule has 156 valence electrons. The molecule has 0 radical (unpaired) electrons. The van der Waals surface area contributed by atoms with E-state index in [9.17, 15) is 0 Å². The summed E-state index contributed by atoms with van der Waals surface area (Å²) in [6, 6.07) is 14.4. The van der Waals surface area contributed by atoms with Crippen molar-refractivity contribution in [2.75, 3.05) is 19.0 Å². The van der Waals surface area contributed by atoms with Crippen molar-refractivity contribution in [3.8, 4) is 5.69 Å². The van der Waals surface area contributed by atoms with E-state index in [0.29, 0.717) is 12.5 Å². The Kier molecular flexibility index (Phi) is 5.81. The lowest BCUT2D eigenvalue weighted by atomic mass is 10.1. The predicted octanol–water partition coefficient (Wildman–Crippen LogP) is 4.51. The smallest absolute Gasteiger partial charge is 0.147 e. The van der Waals surface area contributed by atoms with Gasteiger partial charge in [-0.2, -0.15) is 5.10 Å². The molecular weight excluding hydrogens is 376 g/mol. The highest BCUT2D eigenvalue weighted by Gasteiger charge is 2.15. The van der Waals surface area contributed by atoms with Crippen LogP contribution in [0.2, 0.25) is 0 Å². The van der Waals surface area contributed by atoms with Crippen LogP contribution in [0.5, 0.6) is 0 Å². The van der Waals surface area contributed by atoms with Gasteiger partial charge in [-0.25, -0.2) is 14.6 Å². The molecule has 30 heavy (non-hydrogen) atoms. The van der Waals surface area contributed by atoms with E-state index in [4.69, 9.17) is 9.72 Å². The first kappa shape index (κ1) is 20.1. The van der Waals surface area contributed by atoms with Gasteiger partial charge in [-0.3, -0.25) is 0 Å². The Hall–Kier alpha value is -3.19. The zero-order chi connectivity index (χ0) is 21.1. The fraction of sp³-hybridized carbons (Fsp3) is 0.348. The number of nitrogens with zero attached hydrogens (tertiary/aromatic N) is 5. The van der Waals surface area contributed by atoms with E-state index in [1.807, 2.05) is 31.2 Å². The average Bonchev–Trinajstić information content (AvgIpc) is 3.30. The lowest BCUT2D eigenvalue weighted by Gasteiger charge is -2.10. The quantitative estimate of drug-likeness (QED) is 0.468. The van der Waals surface area contributed by atoms with Crippen molar-refractivity contribution in [1.82, 2.24) is 24.3 Å². The van der Waals surface area contributed by atoms with Crippen LogP contribution in [-0.2, 0) is 17.7 Å². The first-order valence-electron chi connectivity index (χ1n) is 10.3. The van der Waals surface area contributed by atoms with Crippen molar-refractivity contribution in [1.29, 1.82) is 0 Å². The summed E-state index contributed by atoms with van der Waals surface area (Å²) in [5.74, 6) is 2.39. The third-order valence-electron chi connectivity index (χ3n) is 4.99. The van der Waals surface area contributed by atoms with Gasteiger partial charge < -0.3 is 14.6 Å². The maximum atomic E-state index is 5.32. The summed E-state index contributed by atoms with van der Waals surface area (Å²) in [6.07, 6.45) is 2.66. The summed E-state index contributed by atoms with van der Waals surface area (Å²) in [7, 11) is 1.73. The van der Waals surface area contributed by atoms with Gasteiger partial charge in [0.05, 0.1) is 23.5 Å². The molecule has 0 atom stereocenters. The van der Waals surface area contributed by atoms with Crippen molar-refractivity contribution in [3.05, 3.63) is 60.4 Å². The summed E-state index contributed by atoms with van der Waals surface area (Å²) < 4.78 is 9.37. The van der Waals surface area contributed by atoms with Gasteiger partial charge >= 0.3 is 0 Å². The number of imidazole rings is 1. The number of benzene rings is 2. The first-order chi connectivity index (χ1) is 14.5. The van der Waals surface area contributed by atoms with Crippen LogP contribution in [0.15, 0.2) is 48.8 Å². The number of rotatable bonds is 8. The molecule has 1 N–H and O–H groups in total. The second-order valence-electron chi connectivity index (χ2n) is 7.85. The summed E-state index contributed by atoms with van der Waals surface area (Å²) >= 11 is 0. The van der Waals surface area contributed by atoms with E-state index in [-0.39, 0.29) is 0 Å². The van der Waals surface area contributed by atoms with E-state index >= 15 is 0 Å². The summed E-state index contributed by atoms with van der Waals surface area (Å²) in [5, 5.41) is 7.89. The van der Waals surface area contributed by atoms with E-state index in [1.165, 1.54) is 0 Å². The topological polar surface area (TPSA) is 69.8 Å². The van der Waals surface area contributed by atoms with Gasteiger partial charge in [-0.05, 0) is 49.2 Å². The molecule has 0 aliphatic carbocycles. The lowest BCUT2D eigenvalue weighted by molar-refractivity contribution is 0.187. The van der Waals surface area contributed by atoms with Crippen molar-refractivity contribution in [3.63, 3.8) is 0 Å². The Labute approximate surface area is 176 Å². The van der Waals surface area contributed by atoms with Crippen molar-refractivity contribution >= 4 is 22.4 Å². The van der Waals surface area contributed by atoms with Crippen LogP contribution in [0.4, 0.5) is 11.4 Å². The first-order valence-corrected chi connectivity index (χ1v) is 10.3. The lowest BCUT2D eigenvalue weighted by Crippen LogP contribution is -2.10. The van der Waals surface area contributed by atoms with Crippen LogP contribution in [-0.4, -0.2) is 38.0 Å². The maximum absolute atomic E-state index is 5.32. The molecule has 2 aromatic carbocycles. The Morgan fingerprint density at radius 1 is 1.10 bits per heavy atom. The number of fused-ring (bicyclic) bond motifs is 1.